The molecule has 2 heterocycles. The molecule has 1 amide bonds. The summed E-state index contributed by atoms with van der Waals surface area (Å²) < 4.78 is 52.4. The molecule has 168 valence electrons. The fourth-order valence-electron chi connectivity index (χ4n) is 3.94. The second-order valence-corrected chi connectivity index (χ2v) is 8.03. The highest BCUT2D eigenvalue weighted by Gasteiger charge is 2.51. The van der Waals surface area contributed by atoms with Gasteiger partial charge in [-0.3, -0.25) is 9.78 Å². The average Bonchev–Trinajstić information content (AvgIpc) is 2.97. The molecule has 1 saturated heterocycles. The van der Waals surface area contributed by atoms with Crippen LogP contribution < -0.4 is 10.1 Å². The van der Waals surface area contributed by atoms with E-state index in [4.69, 9.17) is 14.6 Å². The highest BCUT2D eigenvalue weighted by atomic mass is 19.3. The molecule has 0 unspecified atom stereocenters. The van der Waals surface area contributed by atoms with Crippen molar-refractivity contribution in [2.75, 3.05) is 12.4 Å². The monoisotopic (exact) mass is 438 g/mol. The molecule has 1 aliphatic rings. The van der Waals surface area contributed by atoms with E-state index < -0.39 is 41.3 Å². The summed E-state index contributed by atoms with van der Waals surface area (Å²) in [6.07, 6.45) is -2.72. The Balaban J connectivity index is 2.00. The van der Waals surface area contributed by atoms with Crippen molar-refractivity contribution in [2.24, 2.45) is 5.92 Å². The van der Waals surface area contributed by atoms with Crippen LogP contribution >= 0.6 is 0 Å². The SMILES string of the molecule is COc1c([C@@H]2[C@@H](C(=O)Nc3ccc(CO)nc3)OC(C)(C)[C@@H]2C)ccc(F)c1C(F)F. The van der Waals surface area contributed by atoms with Crippen molar-refractivity contribution in [1.82, 2.24) is 4.98 Å². The third kappa shape index (κ3) is 4.38. The Morgan fingerprint density at radius 1 is 1.32 bits per heavy atom. The second kappa shape index (κ2) is 8.84. The number of halogens is 3. The summed E-state index contributed by atoms with van der Waals surface area (Å²) in [6.45, 7) is 5.23. The molecule has 1 aromatic carbocycles. The van der Waals surface area contributed by atoms with Crippen molar-refractivity contribution in [2.45, 2.75) is 51.4 Å². The summed E-state index contributed by atoms with van der Waals surface area (Å²) in [5, 5.41) is 11.8. The van der Waals surface area contributed by atoms with Crippen molar-refractivity contribution < 1.29 is 32.5 Å². The predicted molar refractivity (Wildman–Crippen MR) is 108 cm³/mol. The van der Waals surface area contributed by atoms with Gasteiger partial charge in [0.25, 0.3) is 12.3 Å². The van der Waals surface area contributed by atoms with E-state index in [0.717, 1.165) is 6.07 Å². The van der Waals surface area contributed by atoms with E-state index in [1.807, 2.05) is 6.92 Å². The Bertz CT molecular complexity index is 951. The van der Waals surface area contributed by atoms with E-state index in [1.165, 1.54) is 19.4 Å². The number of rotatable bonds is 6. The maximum atomic E-state index is 14.1. The number of aliphatic hydroxyl groups excluding tert-OH is 1. The third-order valence-corrected chi connectivity index (χ3v) is 5.86. The molecular formula is C22H25F3N2O4. The van der Waals surface area contributed by atoms with Crippen LogP contribution in [-0.2, 0) is 16.1 Å². The number of aromatic nitrogens is 1. The molecule has 1 aliphatic heterocycles. The maximum absolute atomic E-state index is 14.1. The van der Waals surface area contributed by atoms with Gasteiger partial charge in [-0.15, -0.1) is 0 Å². The number of anilines is 1. The van der Waals surface area contributed by atoms with E-state index >= 15 is 0 Å². The zero-order valence-electron chi connectivity index (χ0n) is 17.7. The van der Waals surface area contributed by atoms with Crippen LogP contribution in [0.4, 0.5) is 18.9 Å². The van der Waals surface area contributed by atoms with Crippen LogP contribution in [0.3, 0.4) is 0 Å². The first kappa shape index (κ1) is 23.0. The lowest BCUT2D eigenvalue weighted by Gasteiger charge is -2.26. The predicted octanol–water partition coefficient (Wildman–Crippen LogP) is 4.20. The average molecular weight is 438 g/mol. The number of amides is 1. The van der Waals surface area contributed by atoms with Crippen LogP contribution in [0.5, 0.6) is 5.75 Å². The summed E-state index contributed by atoms with van der Waals surface area (Å²) in [4.78, 5) is 17.1. The summed E-state index contributed by atoms with van der Waals surface area (Å²) >= 11 is 0. The number of carbonyl (C=O) groups is 1. The van der Waals surface area contributed by atoms with Gasteiger partial charge in [-0.2, -0.15) is 0 Å². The van der Waals surface area contributed by atoms with E-state index in [0.29, 0.717) is 11.4 Å². The zero-order valence-corrected chi connectivity index (χ0v) is 17.7. The minimum Gasteiger partial charge on any atom is -0.496 e. The first-order valence-electron chi connectivity index (χ1n) is 9.79. The Morgan fingerprint density at radius 2 is 2.03 bits per heavy atom. The van der Waals surface area contributed by atoms with E-state index in [-0.39, 0.29) is 23.8 Å². The van der Waals surface area contributed by atoms with Gasteiger partial charge in [-0.25, -0.2) is 13.2 Å². The van der Waals surface area contributed by atoms with Gasteiger partial charge in [0.2, 0.25) is 0 Å². The van der Waals surface area contributed by atoms with Gasteiger partial charge < -0.3 is 19.9 Å². The molecule has 0 aliphatic carbocycles. The third-order valence-electron chi connectivity index (χ3n) is 5.86. The molecule has 3 rings (SSSR count). The summed E-state index contributed by atoms with van der Waals surface area (Å²) in [5.74, 6) is -2.78. The Kier molecular flexibility index (Phi) is 6.56. The van der Waals surface area contributed by atoms with Crippen molar-refractivity contribution in [1.29, 1.82) is 0 Å². The normalized spacial score (nSPS) is 22.5. The topological polar surface area (TPSA) is 80.7 Å². The Morgan fingerprint density at radius 3 is 2.58 bits per heavy atom. The molecule has 0 radical (unpaired) electrons. The van der Waals surface area contributed by atoms with Crippen molar-refractivity contribution in [3.63, 3.8) is 0 Å². The van der Waals surface area contributed by atoms with Crippen LogP contribution in [-0.4, -0.2) is 34.8 Å². The van der Waals surface area contributed by atoms with Gasteiger partial charge in [-0.1, -0.05) is 13.0 Å². The van der Waals surface area contributed by atoms with Gasteiger partial charge in [0.15, 0.2) is 0 Å². The molecule has 31 heavy (non-hydrogen) atoms. The van der Waals surface area contributed by atoms with Gasteiger partial charge >= 0.3 is 0 Å². The minimum absolute atomic E-state index is 0.232. The molecule has 6 nitrogen and oxygen atoms in total. The number of hydrogen-bond acceptors (Lipinski definition) is 5. The van der Waals surface area contributed by atoms with Crippen LogP contribution in [0.15, 0.2) is 30.5 Å². The largest absolute Gasteiger partial charge is 0.496 e. The first-order valence-corrected chi connectivity index (χ1v) is 9.79. The molecule has 0 spiro atoms. The van der Waals surface area contributed by atoms with E-state index in [2.05, 4.69) is 10.3 Å². The van der Waals surface area contributed by atoms with Crippen molar-refractivity contribution in [3.05, 3.63) is 53.1 Å². The lowest BCUT2D eigenvalue weighted by atomic mass is 9.77. The fourth-order valence-corrected chi connectivity index (χ4v) is 3.94. The molecular weight excluding hydrogens is 413 g/mol. The standard InChI is InChI=1S/C22H25F3N2O4/c1-11-16(14-7-8-15(23)17(20(24)25)18(14)30-4)19(31-22(11,2)3)21(29)27-12-5-6-13(10-28)26-9-12/h5-9,11,16,19-20,28H,10H2,1-4H3,(H,27,29)/t11-,16-,19+/m1/s1. The molecule has 2 N–H and O–H groups in total. The van der Waals surface area contributed by atoms with Gasteiger partial charge in [0, 0.05) is 11.5 Å². The number of methoxy groups -OCH3 is 1. The molecule has 1 aromatic heterocycles. The number of pyridine rings is 1. The summed E-state index contributed by atoms with van der Waals surface area (Å²) in [6, 6.07) is 5.48. The lowest BCUT2D eigenvalue weighted by molar-refractivity contribution is -0.131. The quantitative estimate of drug-likeness (QED) is 0.707. The van der Waals surface area contributed by atoms with Gasteiger partial charge in [0.05, 0.1) is 42.5 Å². The maximum Gasteiger partial charge on any atom is 0.270 e. The zero-order chi connectivity index (χ0) is 22.9. The van der Waals surface area contributed by atoms with Crippen molar-refractivity contribution >= 4 is 11.6 Å². The Hall–Kier alpha value is -2.65. The number of alkyl halides is 2. The number of aliphatic hydroxyl groups is 1. The summed E-state index contributed by atoms with van der Waals surface area (Å²) in [7, 11) is 1.19. The van der Waals surface area contributed by atoms with Gasteiger partial charge in [0.1, 0.15) is 17.7 Å². The number of nitrogens with one attached hydrogen (secondary N) is 1. The number of hydrogen-bond donors (Lipinski definition) is 2. The highest BCUT2D eigenvalue weighted by molar-refractivity contribution is 5.95. The van der Waals surface area contributed by atoms with Crippen LogP contribution in [0.2, 0.25) is 0 Å². The first-order chi connectivity index (χ1) is 14.6. The van der Waals surface area contributed by atoms with Crippen LogP contribution in [0.25, 0.3) is 0 Å². The van der Waals surface area contributed by atoms with E-state index in [9.17, 15) is 18.0 Å². The van der Waals surface area contributed by atoms with Crippen molar-refractivity contribution in [3.8, 4) is 5.75 Å². The summed E-state index contributed by atoms with van der Waals surface area (Å²) in [5.41, 5.74) is -0.471. The number of benzene rings is 1. The Labute approximate surface area is 178 Å². The minimum atomic E-state index is -3.08. The second-order valence-electron chi connectivity index (χ2n) is 8.03. The number of ether oxygens (including phenoxy) is 2. The molecule has 0 saturated carbocycles. The lowest BCUT2D eigenvalue weighted by Crippen LogP contribution is -2.33. The molecule has 1 fully saturated rings. The van der Waals surface area contributed by atoms with E-state index in [1.54, 1.807) is 26.0 Å². The van der Waals surface area contributed by atoms with Crippen LogP contribution in [0.1, 0.15) is 49.9 Å². The van der Waals surface area contributed by atoms with Crippen LogP contribution in [0, 0.1) is 11.7 Å². The molecule has 9 heteroatoms. The smallest absolute Gasteiger partial charge is 0.270 e. The molecule has 0 bridgehead atoms. The van der Waals surface area contributed by atoms with Gasteiger partial charge in [-0.05, 0) is 38.0 Å². The number of carbonyl (C=O) groups excluding carboxylic acids is 1. The fraction of sp³-hybridized carbons (Fsp3) is 0.455. The molecule has 2 aromatic rings. The number of nitrogens with zero attached hydrogens (tertiary/aromatic N) is 1. The highest BCUT2D eigenvalue weighted by Crippen LogP contribution is 2.50. The molecule has 3 atom stereocenters.